The van der Waals surface area contributed by atoms with E-state index in [-0.39, 0.29) is 24.4 Å². The van der Waals surface area contributed by atoms with E-state index in [0.29, 0.717) is 18.9 Å². The van der Waals surface area contributed by atoms with Crippen LogP contribution in [0.15, 0.2) is 90.6 Å². The van der Waals surface area contributed by atoms with Crippen LogP contribution in [0.2, 0.25) is 0 Å². The monoisotopic (exact) mass is 638 g/mol. The molecule has 5 aromatic rings. The SMILES string of the molecule is CCC(C)n1ncn(-c2ccc(N3CCN(c4ccc(OCC5COC(Cn6nccn6)(c6ccncn6)O5)cc4)CC3)cc2)c1=O. The van der Waals surface area contributed by atoms with Gasteiger partial charge in [-0.2, -0.15) is 20.1 Å². The van der Waals surface area contributed by atoms with E-state index in [2.05, 4.69) is 59.3 Å². The Hall–Kier alpha value is -5.08. The first-order valence-electron chi connectivity index (χ1n) is 15.9. The van der Waals surface area contributed by atoms with Gasteiger partial charge in [0.25, 0.3) is 0 Å². The predicted octanol–water partition coefficient (Wildman–Crippen LogP) is 3.06. The smallest absolute Gasteiger partial charge is 0.350 e. The lowest BCUT2D eigenvalue weighted by molar-refractivity contribution is -0.195. The van der Waals surface area contributed by atoms with Crippen molar-refractivity contribution in [1.82, 2.24) is 39.3 Å². The Morgan fingerprint density at radius 3 is 2.19 bits per heavy atom. The minimum Gasteiger partial charge on any atom is -0.491 e. The highest BCUT2D eigenvalue weighted by Gasteiger charge is 2.46. The molecular weight excluding hydrogens is 600 g/mol. The second-order valence-corrected chi connectivity index (χ2v) is 11.7. The van der Waals surface area contributed by atoms with E-state index < -0.39 is 5.79 Å². The van der Waals surface area contributed by atoms with E-state index in [0.717, 1.165) is 55.4 Å². The Balaban J connectivity index is 0.913. The standard InChI is InChI=1S/C33H38N10O4/c1-3-25(2)43-32(44)41(24-38-43)28-6-4-26(5-7-28)39-16-18-40(19-17-39)27-8-10-29(11-9-27)45-20-30-21-46-33(47-30,22-42-36-14-15-37-42)31-12-13-34-23-35-31/h4-15,23-25,30H,3,16-22H2,1-2H3. The van der Waals surface area contributed by atoms with Crippen molar-refractivity contribution in [2.75, 3.05) is 49.2 Å². The molecule has 2 fully saturated rings. The summed E-state index contributed by atoms with van der Waals surface area (Å²) in [5.74, 6) is -0.362. The number of benzene rings is 2. The molecule has 2 aliphatic heterocycles. The van der Waals surface area contributed by atoms with Crippen LogP contribution in [0.4, 0.5) is 11.4 Å². The van der Waals surface area contributed by atoms with Gasteiger partial charge in [-0.25, -0.2) is 24.0 Å². The molecule has 2 aliphatic rings. The van der Waals surface area contributed by atoms with Crippen molar-refractivity contribution < 1.29 is 14.2 Å². The fourth-order valence-corrected chi connectivity index (χ4v) is 5.93. The van der Waals surface area contributed by atoms with Gasteiger partial charge in [0.2, 0.25) is 5.79 Å². The van der Waals surface area contributed by atoms with E-state index in [1.807, 2.05) is 38.1 Å². The van der Waals surface area contributed by atoms with Crippen molar-refractivity contribution in [3.63, 3.8) is 0 Å². The van der Waals surface area contributed by atoms with Gasteiger partial charge in [-0.3, -0.25) is 0 Å². The van der Waals surface area contributed by atoms with Gasteiger partial charge in [0.05, 0.1) is 30.7 Å². The molecule has 0 amide bonds. The third-order valence-corrected chi connectivity index (χ3v) is 8.76. The summed E-state index contributed by atoms with van der Waals surface area (Å²) < 4.78 is 21.8. The third-order valence-electron chi connectivity index (χ3n) is 8.76. The summed E-state index contributed by atoms with van der Waals surface area (Å²) in [6, 6.07) is 18.1. The molecule has 7 rings (SSSR count). The van der Waals surface area contributed by atoms with Crippen molar-refractivity contribution in [1.29, 1.82) is 0 Å². The number of aromatic nitrogens is 8. The predicted molar refractivity (Wildman–Crippen MR) is 174 cm³/mol. The van der Waals surface area contributed by atoms with Gasteiger partial charge >= 0.3 is 5.69 Å². The first kappa shape index (κ1) is 30.6. The van der Waals surface area contributed by atoms with Gasteiger partial charge in [0.1, 0.15) is 43.4 Å². The first-order valence-corrected chi connectivity index (χ1v) is 15.9. The van der Waals surface area contributed by atoms with Crippen LogP contribution in [0.3, 0.4) is 0 Å². The van der Waals surface area contributed by atoms with Gasteiger partial charge in [-0.1, -0.05) is 6.92 Å². The van der Waals surface area contributed by atoms with Crippen molar-refractivity contribution in [2.24, 2.45) is 0 Å². The van der Waals surface area contributed by atoms with Crippen LogP contribution < -0.4 is 20.2 Å². The van der Waals surface area contributed by atoms with Crippen LogP contribution in [0.25, 0.3) is 5.69 Å². The van der Waals surface area contributed by atoms with Gasteiger partial charge in [-0.05, 0) is 67.9 Å². The number of nitrogens with zero attached hydrogens (tertiary/aromatic N) is 10. The third kappa shape index (κ3) is 6.46. The zero-order valence-electron chi connectivity index (χ0n) is 26.5. The van der Waals surface area contributed by atoms with E-state index in [1.165, 1.54) is 11.1 Å². The summed E-state index contributed by atoms with van der Waals surface area (Å²) in [6.45, 7) is 8.56. The molecule has 5 heterocycles. The summed E-state index contributed by atoms with van der Waals surface area (Å²) in [6.07, 6.45) is 8.51. The summed E-state index contributed by atoms with van der Waals surface area (Å²) in [7, 11) is 0. The maximum atomic E-state index is 12.8. The van der Waals surface area contributed by atoms with Crippen LogP contribution in [0, 0.1) is 0 Å². The molecule has 0 N–H and O–H groups in total. The molecule has 0 aliphatic carbocycles. The topological polar surface area (TPSA) is 130 Å². The Labute approximate surface area is 272 Å². The fourth-order valence-electron chi connectivity index (χ4n) is 5.93. The molecule has 3 atom stereocenters. The van der Waals surface area contributed by atoms with Gasteiger partial charge in [0.15, 0.2) is 0 Å². The highest BCUT2D eigenvalue weighted by molar-refractivity contribution is 5.54. The van der Waals surface area contributed by atoms with Crippen LogP contribution in [0.5, 0.6) is 5.75 Å². The molecule has 244 valence electrons. The van der Waals surface area contributed by atoms with Crippen molar-refractivity contribution in [3.8, 4) is 11.4 Å². The molecule has 2 saturated heterocycles. The summed E-state index contributed by atoms with van der Waals surface area (Å²) >= 11 is 0. The Morgan fingerprint density at radius 1 is 0.894 bits per heavy atom. The van der Waals surface area contributed by atoms with Crippen molar-refractivity contribution >= 4 is 11.4 Å². The molecule has 14 heteroatoms. The fraction of sp³-hybridized carbons (Fsp3) is 0.394. The molecule has 14 nitrogen and oxygen atoms in total. The van der Waals surface area contributed by atoms with Crippen LogP contribution in [-0.2, 0) is 21.8 Å². The summed E-state index contributed by atoms with van der Waals surface area (Å²) in [5.41, 5.74) is 3.61. The molecule has 2 aromatic carbocycles. The number of hydrogen-bond acceptors (Lipinski definition) is 11. The molecule has 3 aromatic heterocycles. The Kier molecular flexibility index (Phi) is 8.68. The van der Waals surface area contributed by atoms with Crippen molar-refractivity contribution in [3.05, 3.63) is 102 Å². The van der Waals surface area contributed by atoms with Crippen LogP contribution >= 0.6 is 0 Å². The number of hydrogen-bond donors (Lipinski definition) is 0. The lowest BCUT2D eigenvalue weighted by atomic mass is 10.2. The second kappa shape index (κ2) is 13.3. The quantitative estimate of drug-likeness (QED) is 0.212. The van der Waals surface area contributed by atoms with E-state index in [9.17, 15) is 4.79 Å². The molecule has 0 bridgehead atoms. The highest BCUT2D eigenvalue weighted by Crippen LogP contribution is 2.35. The largest absolute Gasteiger partial charge is 0.491 e. The molecule has 0 spiro atoms. The average Bonchev–Trinajstić information content (AvgIpc) is 3.89. The van der Waals surface area contributed by atoms with Crippen molar-refractivity contribution in [2.45, 2.75) is 44.7 Å². The molecule has 0 saturated carbocycles. The lowest BCUT2D eigenvalue weighted by Gasteiger charge is -2.37. The highest BCUT2D eigenvalue weighted by atomic mass is 16.8. The maximum Gasteiger partial charge on any atom is 0.350 e. The zero-order chi connectivity index (χ0) is 32.2. The number of rotatable bonds is 11. The molecular formula is C33H38N10O4. The summed E-state index contributed by atoms with van der Waals surface area (Å²) in [5, 5.41) is 12.7. The van der Waals surface area contributed by atoms with Gasteiger partial charge < -0.3 is 24.0 Å². The molecule has 0 radical (unpaired) electrons. The molecule has 3 unspecified atom stereocenters. The normalized spacial score (nSPS) is 20.4. The number of ether oxygens (including phenoxy) is 3. The number of piperazine rings is 1. The lowest BCUT2D eigenvalue weighted by Crippen LogP contribution is -2.46. The van der Waals surface area contributed by atoms with Gasteiger partial charge in [0, 0.05) is 43.8 Å². The van der Waals surface area contributed by atoms with Crippen LogP contribution in [-0.4, -0.2) is 84.8 Å². The Morgan fingerprint density at radius 2 is 1.55 bits per heavy atom. The minimum absolute atomic E-state index is 0.0686. The second-order valence-electron chi connectivity index (χ2n) is 11.7. The zero-order valence-corrected chi connectivity index (χ0v) is 26.5. The molecule has 47 heavy (non-hydrogen) atoms. The van der Waals surface area contributed by atoms with Gasteiger partial charge in [-0.15, -0.1) is 0 Å². The number of anilines is 2. The van der Waals surface area contributed by atoms with Crippen LogP contribution in [0.1, 0.15) is 32.0 Å². The van der Waals surface area contributed by atoms with E-state index >= 15 is 0 Å². The Bertz CT molecular complexity index is 1790. The summed E-state index contributed by atoms with van der Waals surface area (Å²) in [4.78, 5) is 27.5. The average molecular weight is 639 g/mol. The van der Waals surface area contributed by atoms with E-state index in [4.69, 9.17) is 14.2 Å². The minimum atomic E-state index is -1.12. The maximum absolute atomic E-state index is 12.8. The first-order chi connectivity index (χ1) is 23.0. The van der Waals surface area contributed by atoms with E-state index in [1.54, 1.807) is 40.2 Å².